The maximum atomic E-state index is 6.16. The molecule has 2 rings (SSSR count). The van der Waals surface area contributed by atoms with Gasteiger partial charge in [0.2, 0.25) is 0 Å². The Hall–Kier alpha value is -0.610. The molecule has 2 aromatic rings. The number of ether oxygens (including phenoxy) is 1. The van der Waals surface area contributed by atoms with Crippen LogP contribution in [0.15, 0.2) is 34.8 Å². The zero-order valence-electron chi connectivity index (χ0n) is 10.5. The quantitative estimate of drug-likeness (QED) is 0.638. The lowest BCUT2D eigenvalue weighted by molar-refractivity contribution is 0.412. The lowest BCUT2D eigenvalue weighted by atomic mass is 10.2. The SMILES string of the molecule is COc1cc(NCc2c(Cl)ccc(Cl)c2Cl)ccc1Br. The van der Waals surface area contributed by atoms with Crippen molar-refractivity contribution >= 4 is 56.4 Å². The number of hydrogen-bond donors (Lipinski definition) is 1. The van der Waals surface area contributed by atoms with Gasteiger partial charge in [0, 0.05) is 28.9 Å². The molecule has 106 valence electrons. The van der Waals surface area contributed by atoms with Crippen LogP contribution in [-0.2, 0) is 6.54 Å². The summed E-state index contributed by atoms with van der Waals surface area (Å²) in [6.07, 6.45) is 0. The Bertz CT molecular complexity index is 634. The summed E-state index contributed by atoms with van der Waals surface area (Å²) in [6, 6.07) is 9.13. The summed E-state index contributed by atoms with van der Waals surface area (Å²) in [5.41, 5.74) is 1.67. The average Bonchev–Trinajstić information content (AvgIpc) is 2.44. The summed E-state index contributed by atoms with van der Waals surface area (Å²) < 4.78 is 6.14. The van der Waals surface area contributed by atoms with Gasteiger partial charge in [0.05, 0.1) is 21.6 Å². The molecular formula is C14H11BrCl3NO. The molecule has 20 heavy (non-hydrogen) atoms. The predicted octanol–water partition coefficient (Wildman–Crippen LogP) is 6.03. The first kappa shape index (κ1) is 15.8. The first-order chi connectivity index (χ1) is 9.52. The highest BCUT2D eigenvalue weighted by Crippen LogP contribution is 2.33. The molecule has 0 atom stereocenters. The molecule has 0 aliphatic heterocycles. The highest BCUT2D eigenvalue weighted by molar-refractivity contribution is 9.10. The van der Waals surface area contributed by atoms with Crippen LogP contribution >= 0.6 is 50.7 Å². The summed E-state index contributed by atoms with van der Waals surface area (Å²) in [6.45, 7) is 0.475. The second-order valence-electron chi connectivity index (χ2n) is 4.02. The van der Waals surface area contributed by atoms with Gasteiger partial charge in [-0.3, -0.25) is 0 Å². The Kier molecular flexibility index (Phi) is 5.44. The van der Waals surface area contributed by atoms with Gasteiger partial charge in [-0.1, -0.05) is 34.8 Å². The van der Waals surface area contributed by atoms with Gasteiger partial charge in [-0.15, -0.1) is 0 Å². The Labute approximate surface area is 141 Å². The van der Waals surface area contributed by atoms with E-state index < -0.39 is 0 Å². The molecule has 0 aromatic heterocycles. The van der Waals surface area contributed by atoms with Crippen molar-refractivity contribution < 1.29 is 4.74 Å². The zero-order valence-corrected chi connectivity index (χ0v) is 14.4. The molecule has 2 aromatic carbocycles. The topological polar surface area (TPSA) is 21.3 Å². The minimum atomic E-state index is 0.468. The van der Waals surface area contributed by atoms with Crippen LogP contribution in [0.4, 0.5) is 5.69 Å². The molecule has 0 heterocycles. The first-order valence-corrected chi connectivity index (χ1v) is 7.65. The van der Waals surface area contributed by atoms with Crippen molar-refractivity contribution in [1.82, 2.24) is 0 Å². The number of anilines is 1. The van der Waals surface area contributed by atoms with Crippen LogP contribution in [0.2, 0.25) is 15.1 Å². The third-order valence-electron chi connectivity index (χ3n) is 2.76. The van der Waals surface area contributed by atoms with Crippen LogP contribution in [-0.4, -0.2) is 7.11 Å². The van der Waals surface area contributed by atoms with Gasteiger partial charge in [0.1, 0.15) is 5.75 Å². The van der Waals surface area contributed by atoms with Crippen molar-refractivity contribution in [2.24, 2.45) is 0 Å². The number of benzene rings is 2. The van der Waals surface area contributed by atoms with Gasteiger partial charge in [0.15, 0.2) is 0 Å². The molecule has 0 aliphatic carbocycles. The van der Waals surface area contributed by atoms with Gasteiger partial charge < -0.3 is 10.1 Å². The molecule has 2 nitrogen and oxygen atoms in total. The minimum absolute atomic E-state index is 0.468. The fraction of sp³-hybridized carbons (Fsp3) is 0.143. The Morgan fingerprint density at radius 3 is 2.50 bits per heavy atom. The van der Waals surface area contributed by atoms with Crippen LogP contribution < -0.4 is 10.1 Å². The van der Waals surface area contributed by atoms with Gasteiger partial charge >= 0.3 is 0 Å². The van der Waals surface area contributed by atoms with Gasteiger partial charge in [-0.2, -0.15) is 0 Å². The van der Waals surface area contributed by atoms with Crippen molar-refractivity contribution in [1.29, 1.82) is 0 Å². The van der Waals surface area contributed by atoms with E-state index in [0.29, 0.717) is 21.6 Å². The average molecular weight is 396 g/mol. The van der Waals surface area contributed by atoms with E-state index in [2.05, 4.69) is 21.2 Å². The second kappa shape index (κ2) is 6.90. The van der Waals surface area contributed by atoms with Crippen LogP contribution in [0, 0.1) is 0 Å². The van der Waals surface area contributed by atoms with E-state index in [1.807, 2.05) is 18.2 Å². The summed E-state index contributed by atoms with van der Waals surface area (Å²) in [5, 5.41) is 4.78. The van der Waals surface area contributed by atoms with Crippen LogP contribution in [0.3, 0.4) is 0 Å². The molecule has 0 spiro atoms. The summed E-state index contributed by atoms with van der Waals surface area (Å²) in [5.74, 6) is 0.748. The molecule has 0 bridgehead atoms. The second-order valence-corrected chi connectivity index (χ2v) is 6.07. The molecule has 0 amide bonds. The van der Waals surface area contributed by atoms with E-state index in [1.165, 1.54) is 0 Å². The molecule has 0 aliphatic rings. The van der Waals surface area contributed by atoms with E-state index in [9.17, 15) is 0 Å². The molecule has 0 saturated carbocycles. The molecule has 0 unspecified atom stereocenters. The zero-order chi connectivity index (χ0) is 14.7. The lowest BCUT2D eigenvalue weighted by Crippen LogP contribution is -2.01. The normalized spacial score (nSPS) is 10.4. The summed E-state index contributed by atoms with van der Waals surface area (Å²) in [4.78, 5) is 0. The van der Waals surface area contributed by atoms with Crippen LogP contribution in [0.5, 0.6) is 5.75 Å². The maximum Gasteiger partial charge on any atom is 0.135 e. The van der Waals surface area contributed by atoms with Crippen molar-refractivity contribution in [3.63, 3.8) is 0 Å². The van der Waals surface area contributed by atoms with Crippen molar-refractivity contribution in [3.8, 4) is 5.75 Å². The number of rotatable bonds is 4. The van der Waals surface area contributed by atoms with E-state index in [4.69, 9.17) is 39.5 Å². The van der Waals surface area contributed by atoms with Gasteiger partial charge in [-0.25, -0.2) is 0 Å². The number of hydrogen-bond acceptors (Lipinski definition) is 2. The standard InChI is InChI=1S/C14H11BrCl3NO/c1-20-13-6-8(2-3-10(13)15)19-7-9-11(16)4-5-12(17)14(9)18/h2-6,19H,7H2,1H3. The van der Waals surface area contributed by atoms with Crippen LogP contribution in [0.1, 0.15) is 5.56 Å². The third-order valence-corrected chi connectivity index (χ3v) is 4.61. The molecule has 6 heteroatoms. The molecule has 0 radical (unpaired) electrons. The maximum absolute atomic E-state index is 6.16. The van der Waals surface area contributed by atoms with E-state index in [-0.39, 0.29) is 0 Å². The third kappa shape index (κ3) is 3.53. The molecule has 1 N–H and O–H groups in total. The van der Waals surface area contributed by atoms with Crippen molar-refractivity contribution in [3.05, 3.63) is 55.4 Å². The lowest BCUT2D eigenvalue weighted by Gasteiger charge is -2.12. The van der Waals surface area contributed by atoms with Crippen LogP contribution in [0.25, 0.3) is 0 Å². The number of methoxy groups -OCH3 is 1. The smallest absolute Gasteiger partial charge is 0.135 e. The summed E-state index contributed by atoms with van der Waals surface area (Å²) in [7, 11) is 1.62. The van der Waals surface area contributed by atoms with E-state index >= 15 is 0 Å². The molecule has 0 fully saturated rings. The fourth-order valence-corrected chi connectivity index (χ4v) is 2.78. The monoisotopic (exact) mass is 393 g/mol. The Balaban J connectivity index is 2.19. The number of nitrogens with one attached hydrogen (secondary N) is 1. The number of halogens is 4. The highest BCUT2D eigenvalue weighted by atomic mass is 79.9. The molecule has 0 saturated heterocycles. The van der Waals surface area contributed by atoms with Gasteiger partial charge in [0.25, 0.3) is 0 Å². The highest BCUT2D eigenvalue weighted by Gasteiger charge is 2.10. The van der Waals surface area contributed by atoms with E-state index in [0.717, 1.165) is 21.5 Å². The first-order valence-electron chi connectivity index (χ1n) is 5.72. The summed E-state index contributed by atoms with van der Waals surface area (Å²) >= 11 is 21.7. The minimum Gasteiger partial charge on any atom is -0.495 e. The molecular weight excluding hydrogens is 384 g/mol. The fourth-order valence-electron chi connectivity index (χ4n) is 1.69. The van der Waals surface area contributed by atoms with E-state index in [1.54, 1.807) is 19.2 Å². The predicted molar refractivity (Wildman–Crippen MR) is 89.5 cm³/mol. The Morgan fingerprint density at radius 1 is 1.10 bits per heavy atom. The van der Waals surface area contributed by atoms with Crippen molar-refractivity contribution in [2.75, 3.05) is 12.4 Å². The Morgan fingerprint density at radius 2 is 1.80 bits per heavy atom. The largest absolute Gasteiger partial charge is 0.495 e. The van der Waals surface area contributed by atoms with Gasteiger partial charge in [-0.05, 0) is 40.2 Å². The van der Waals surface area contributed by atoms with Crippen molar-refractivity contribution in [2.45, 2.75) is 6.54 Å².